The van der Waals surface area contributed by atoms with Crippen LogP contribution < -0.4 is 10.6 Å². The van der Waals surface area contributed by atoms with Crippen LogP contribution in [0, 0.1) is 11.3 Å². The molecule has 4 N–H and O–H groups in total. The third kappa shape index (κ3) is 9.47. The number of esters is 1. The summed E-state index contributed by atoms with van der Waals surface area (Å²) in [7, 11) is -3.32. The molecule has 1 aromatic rings. The number of carboxylic acids is 1. The number of benzene rings is 1. The first-order valence-electron chi connectivity index (χ1n) is 13.8. The molecule has 2 atom stereocenters. The third-order valence-corrected chi connectivity index (χ3v) is 8.28. The number of nitrogens with zero attached hydrogens (tertiary/aromatic N) is 1. The van der Waals surface area contributed by atoms with Crippen molar-refractivity contribution in [3.63, 3.8) is 0 Å². The van der Waals surface area contributed by atoms with Crippen molar-refractivity contribution < 1.29 is 61.8 Å². The molecule has 17 heteroatoms. The van der Waals surface area contributed by atoms with Crippen LogP contribution in [0.4, 0.5) is 9.59 Å². The molecule has 2 rings (SSSR count). The SMILES string of the molecule is CCN(C(=O)OCc1ccccc1)[C@](NC(=O)OCO[PH]1(O)OCC(C)(C)[C@H](C(=O)NCCC(=O)OC)O1)(C(=O)O)C(C)C. The molecule has 16 nitrogen and oxygen atoms in total. The second-order valence-electron chi connectivity index (χ2n) is 10.7. The molecule has 1 aliphatic rings. The number of ether oxygens (including phenoxy) is 3. The summed E-state index contributed by atoms with van der Waals surface area (Å²) in [6.07, 6.45) is -3.63. The van der Waals surface area contributed by atoms with Gasteiger partial charge in [-0.25, -0.2) is 0 Å². The number of methoxy groups -OCH3 is 1. The molecule has 248 valence electrons. The summed E-state index contributed by atoms with van der Waals surface area (Å²) < 4.78 is 30.9. The van der Waals surface area contributed by atoms with Crippen LogP contribution in [0.15, 0.2) is 30.3 Å². The number of amides is 3. The summed E-state index contributed by atoms with van der Waals surface area (Å²) in [4.78, 5) is 74.1. The Bertz CT molecular complexity index is 1170. The van der Waals surface area contributed by atoms with Crippen LogP contribution in [0.5, 0.6) is 0 Å². The van der Waals surface area contributed by atoms with E-state index in [2.05, 4.69) is 15.4 Å². The van der Waals surface area contributed by atoms with Crippen molar-refractivity contribution >= 4 is 38.2 Å². The van der Waals surface area contributed by atoms with Crippen molar-refractivity contribution in [1.82, 2.24) is 15.5 Å². The quantitative estimate of drug-likeness (QED) is 0.0990. The summed E-state index contributed by atoms with van der Waals surface area (Å²) in [5.41, 5.74) is -2.53. The van der Waals surface area contributed by atoms with E-state index in [0.29, 0.717) is 5.56 Å². The molecular weight excluding hydrogens is 605 g/mol. The minimum absolute atomic E-state index is 0.0395. The number of alkyl carbamates (subject to hydrolysis) is 1. The van der Waals surface area contributed by atoms with Crippen LogP contribution in [-0.4, -0.2) is 90.3 Å². The molecule has 0 unspecified atom stereocenters. The van der Waals surface area contributed by atoms with Crippen LogP contribution in [0.2, 0.25) is 0 Å². The minimum atomic E-state index is -4.54. The Morgan fingerprint density at radius 3 is 2.39 bits per heavy atom. The Morgan fingerprint density at radius 1 is 1.16 bits per heavy atom. The first-order chi connectivity index (χ1) is 20.6. The van der Waals surface area contributed by atoms with Crippen molar-refractivity contribution in [1.29, 1.82) is 0 Å². The topological polar surface area (TPSA) is 208 Å². The van der Waals surface area contributed by atoms with E-state index in [1.54, 1.807) is 44.2 Å². The normalized spacial score (nSPS) is 19.0. The Labute approximate surface area is 255 Å². The second kappa shape index (κ2) is 16.0. The predicted octanol–water partition coefficient (Wildman–Crippen LogP) is 2.31. The van der Waals surface area contributed by atoms with E-state index in [1.807, 2.05) is 0 Å². The van der Waals surface area contributed by atoms with Gasteiger partial charge in [0.15, 0.2) is 0 Å². The summed E-state index contributed by atoms with van der Waals surface area (Å²) >= 11 is 0. The van der Waals surface area contributed by atoms with Crippen LogP contribution >= 0.6 is 8.17 Å². The maximum absolute atomic E-state index is 13.0. The maximum atomic E-state index is 13.0. The zero-order chi connectivity index (χ0) is 33.1. The molecule has 44 heavy (non-hydrogen) atoms. The molecular formula is C27H42N3O13P. The van der Waals surface area contributed by atoms with Crippen LogP contribution in [0.1, 0.15) is 46.6 Å². The van der Waals surface area contributed by atoms with Gasteiger partial charge in [0, 0.05) is 0 Å². The zero-order valence-corrected chi connectivity index (χ0v) is 26.6. The fourth-order valence-electron chi connectivity index (χ4n) is 4.27. The average Bonchev–Trinajstić information content (AvgIpc) is 2.97. The molecule has 0 aliphatic carbocycles. The number of hydrogen-bond donors (Lipinski definition) is 4. The van der Waals surface area contributed by atoms with Crippen molar-refractivity contribution in [2.75, 3.05) is 33.6 Å². The van der Waals surface area contributed by atoms with Gasteiger partial charge in [0.05, 0.1) is 0 Å². The molecule has 0 spiro atoms. The number of carbonyl (C=O) groups is 5. The van der Waals surface area contributed by atoms with Gasteiger partial charge in [-0.2, -0.15) is 0 Å². The molecule has 1 aliphatic heterocycles. The molecule has 0 radical (unpaired) electrons. The molecule has 1 fully saturated rings. The fraction of sp³-hybridized carbons (Fsp3) is 0.593. The monoisotopic (exact) mass is 647 g/mol. The number of carboxylic acid groups (broad SMARTS) is 1. The number of aliphatic carboxylic acids is 1. The van der Waals surface area contributed by atoms with Gasteiger partial charge in [0.2, 0.25) is 0 Å². The summed E-state index contributed by atoms with van der Waals surface area (Å²) in [6.45, 7) is 6.34. The molecule has 0 bridgehead atoms. The fourth-order valence-corrected chi connectivity index (χ4v) is 5.98. The molecule has 1 heterocycles. The Morgan fingerprint density at radius 2 is 1.82 bits per heavy atom. The van der Waals surface area contributed by atoms with Crippen LogP contribution in [-0.2, 0) is 48.8 Å². The summed E-state index contributed by atoms with van der Waals surface area (Å²) in [5.74, 6) is -3.60. The predicted molar refractivity (Wildman–Crippen MR) is 155 cm³/mol. The van der Waals surface area contributed by atoms with Gasteiger partial charge in [0.25, 0.3) is 0 Å². The van der Waals surface area contributed by atoms with Gasteiger partial charge in [0.1, 0.15) is 0 Å². The van der Waals surface area contributed by atoms with Gasteiger partial charge in [-0.15, -0.1) is 0 Å². The first kappa shape index (κ1) is 36.6. The third-order valence-electron chi connectivity index (χ3n) is 6.75. The van der Waals surface area contributed by atoms with Gasteiger partial charge < -0.3 is 0 Å². The summed E-state index contributed by atoms with van der Waals surface area (Å²) in [5, 5.41) is 14.9. The standard InChI is InChI=1S/C27H42N3O13P/c1-7-30(25(36)39-15-19-11-9-8-10-12-19)27(18(2)3,23(33)34)29-24(35)40-17-42-44(37)41-16-26(4,5)21(43-44)22(32)28-14-13-20(31)38-6/h8-12,18,21,37,44H,7,13-17H2,1-6H3,(H,28,32)(H,29,35)(H,33,34)/t21-,27-/m0/s1. The van der Waals surface area contributed by atoms with E-state index >= 15 is 0 Å². The number of carbonyl (C=O) groups excluding carboxylic acids is 4. The second-order valence-corrected chi connectivity index (χ2v) is 12.6. The van der Waals surface area contributed by atoms with E-state index in [4.69, 9.17) is 23.0 Å². The van der Waals surface area contributed by atoms with E-state index in [-0.39, 0.29) is 32.7 Å². The number of likely N-dealkylation sites (N-methyl/N-ethyl adjacent to an activating group) is 1. The number of rotatable bonds is 14. The molecule has 3 amide bonds. The first-order valence-corrected chi connectivity index (χ1v) is 15.5. The number of hydrogen-bond acceptors (Lipinski definition) is 12. The van der Waals surface area contributed by atoms with Crippen molar-refractivity contribution in [2.24, 2.45) is 11.3 Å². The van der Waals surface area contributed by atoms with Crippen molar-refractivity contribution in [3.8, 4) is 0 Å². The number of nitrogens with one attached hydrogen (secondary N) is 2. The average molecular weight is 648 g/mol. The Kier molecular flexibility index (Phi) is 13.3. The molecule has 0 saturated carbocycles. The van der Waals surface area contributed by atoms with Gasteiger partial charge in [-0.3, -0.25) is 0 Å². The molecule has 1 aromatic carbocycles. The van der Waals surface area contributed by atoms with Crippen LogP contribution in [0.3, 0.4) is 0 Å². The van der Waals surface area contributed by atoms with Crippen molar-refractivity contribution in [2.45, 2.75) is 59.4 Å². The Hall–Kier alpha value is -3.56. The Balaban J connectivity index is 2.06. The van der Waals surface area contributed by atoms with Gasteiger partial charge in [-0.05, 0) is 0 Å². The molecule has 1 saturated heterocycles. The van der Waals surface area contributed by atoms with Gasteiger partial charge in [-0.1, -0.05) is 18.2 Å². The van der Waals surface area contributed by atoms with Gasteiger partial charge >= 0.3 is 238 Å². The van der Waals surface area contributed by atoms with E-state index < -0.39 is 68.1 Å². The van der Waals surface area contributed by atoms with E-state index in [1.165, 1.54) is 27.9 Å². The zero-order valence-electron chi connectivity index (χ0n) is 25.6. The molecule has 0 aromatic heterocycles. The van der Waals surface area contributed by atoms with Crippen molar-refractivity contribution in [3.05, 3.63) is 35.9 Å². The van der Waals surface area contributed by atoms with E-state index in [9.17, 15) is 34.0 Å². The van der Waals surface area contributed by atoms with E-state index in [0.717, 1.165) is 4.90 Å². The van der Waals surface area contributed by atoms with Crippen LogP contribution in [0.25, 0.3) is 0 Å². The summed E-state index contributed by atoms with van der Waals surface area (Å²) in [6, 6.07) is 8.74.